The fourth-order valence-corrected chi connectivity index (χ4v) is 4.50. The number of benzene rings is 2. The van der Waals surface area contributed by atoms with Gasteiger partial charge in [0.15, 0.2) is 0 Å². The van der Waals surface area contributed by atoms with Crippen LogP contribution in [0.2, 0.25) is 0 Å². The number of aromatic nitrogens is 1. The molecule has 0 unspecified atom stereocenters. The van der Waals surface area contributed by atoms with Gasteiger partial charge >= 0.3 is 0 Å². The summed E-state index contributed by atoms with van der Waals surface area (Å²) in [4.78, 5) is 0. The van der Waals surface area contributed by atoms with E-state index in [1.807, 2.05) is 0 Å². The van der Waals surface area contributed by atoms with Crippen molar-refractivity contribution < 1.29 is 0 Å². The second kappa shape index (κ2) is 6.02. The smallest absolute Gasteiger partial charge is 0.0484 e. The highest BCUT2D eigenvalue weighted by molar-refractivity contribution is 6.24. The second-order valence-corrected chi connectivity index (χ2v) is 7.69. The molecule has 0 saturated heterocycles. The normalized spacial score (nSPS) is 18.2. The van der Waals surface area contributed by atoms with Crippen molar-refractivity contribution in [2.45, 2.75) is 32.6 Å². The van der Waals surface area contributed by atoms with E-state index >= 15 is 0 Å². The third-order valence-corrected chi connectivity index (χ3v) is 5.84. The highest BCUT2D eigenvalue weighted by atomic mass is 14.9. The summed E-state index contributed by atoms with van der Waals surface area (Å²) < 4.78 is 2.28. The molecule has 0 N–H and O–H groups in total. The molecular formula is C25H25N. The van der Waals surface area contributed by atoms with Crippen molar-refractivity contribution in [2.75, 3.05) is 0 Å². The fraction of sp³-hybridized carbons (Fsp3) is 0.280. The summed E-state index contributed by atoms with van der Waals surface area (Å²) in [5, 5.41) is 1.37. The van der Waals surface area contributed by atoms with Crippen LogP contribution in [0.5, 0.6) is 0 Å². The van der Waals surface area contributed by atoms with E-state index in [4.69, 9.17) is 0 Å². The van der Waals surface area contributed by atoms with Crippen LogP contribution in [-0.2, 0) is 7.05 Å². The van der Waals surface area contributed by atoms with Gasteiger partial charge in [-0.05, 0) is 59.1 Å². The van der Waals surface area contributed by atoms with Gasteiger partial charge in [-0.1, -0.05) is 61.9 Å². The molecular weight excluding hydrogens is 314 g/mol. The maximum absolute atomic E-state index is 2.48. The molecule has 5 rings (SSSR count). The van der Waals surface area contributed by atoms with Gasteiger partial charge in [-0.15, -0.1) is 0 Å². The van der Waals surface area contributed by atoms with Crippen LogP contribution < -0.4 is 0 Å². The molecule has 0 bridgehead atoms. The zero-order valence-corrected chi connectivity index (χ0v) is 15.6. The zero-order chi connectivity index (χ0) is 17.7. The van der Waals surface area contributed by atoms with E-state index in [2.05, 4.69) is 79.3 Å². The van der Waals surface area contributed by atoms with Crippen molar-refractivity contribution in [3.8, 4) is 0 Å². The molecule has 26 heavy (non-hydrogen) atoms. The monoisotopic (exact) mass is 339 g/mol. The van der Waals surface area contributed by atoms with Crippen molar-refractivity contribution in [1.82, 2.24) is 4.57 Å². The number of fused-ring (bicyclic) bond motifs is 2. The topological polar surface area (TPSA) is 4.93 Å². The fourth-order valence-electron chi connectivity index (χ4n) is 4.50. The Morgan fingerprint density at radius 3 is 2.46 bits per heavy atom. The Morgan fingerprint density at radius 1 is 0.962 bits per heavy atom. The van der Waals surface area contributed by atoms with Gasteiger partial charge in [0.2, 0.25) is 0 Å². The van der Waals surface area contributed by atoms with Gasteiger partial charge in [0.1, 0.15) is 0 Å². The summed E-state index contributed by atoms with van der Waals surface area (Å²) >= 11 is 0. The van der Waals surface area contributed by atoms with Crippen LogP contribution in [-0.4, -0.2) is 4.57 Å². The lowest BCUT2D eigenvalue weighted by Crippen LogP contribution is -1.88. The maximum Gasteiger partial charge on any atom is 0.0484 e. The number of allylic oxidation sites excluding steroid dienone is 4. The lowest BCUT2D eigenvalue weighted by molar-refractivity contribution is 0.960. The van der Waals surface area contributed by atoms with Crippen molar-refractivity contribution in [3.05, 3.63) is 77.5 Å². The number of hydrogen-bond acceptors (Lipinski definition) is 0. The molecule has 0 atom stereocenters. The lowest BCUT2D eigenvalue weighted by atomic mass is 9.93. The summed E-state index contributed by atoms with van der Waals surface area (Å²) in [5.41, 5.74) is 10.2. The van der Waals surface area contributed by atoms with Gasteiger partial charge in [-0.2, -0.15) is 0 Å². The van der Waals surface area contributed by atoms with Crippen LogP contribution >= 0.6 is 0 Å². The van der Waals surface area contributed by atoms with E-state index in [1.54, 1.807) is 5.57 Å². The largest absolute Gasteiger partial charge is 0.350 e. The molecule has 3 aromatic rings. The van der Waals surface area contributed by atoms with Crippen molar-refractivity contribution >= 4 is 27.6 Å². The molecule has 1 heteroatoms. The van der Waals surface area contributed by atoms with E-state index in [9.17, 15) is 0 Å². The quantitative estimate of drug-likeness (QED) is 0.498. The minimum absolute atomic E-state index is 0.734. The van der Waals surface area contributed by atoms with Crippen molar-refractivity contribution in [1.29, 1.82) is 0 Å². The molecule has 130 valence electrons. The van der Waals surface area contributed by atoms with E-state index < -0.39 is 0 Å². The Labute approximate surface area is 155 Å². The van der Waals surface area contributed by atoms with Gasteiger partial charge in [-0.3, -0.25) is 0 Å². The molecule has 1 fully saturated rings. The molecule has 2 aromatic carbocycles. The standard InChI is InChI=1S/C25H25N/c1-3-4-9-21-18-10-5-6-12-20(18)24(17-14-15-17)25(21)22-16-26(2)23-13-8-7-11-19(22)23/h5-13,16-17H,3-4,14-15H2,1-2H3/b21-9+. The van der Waals surface area contributed by atoms with Crippen LogP contribution in [0.1, 0.15) is 49.3 Å². The van der Waals surface area contributed by atoms with Gasteiger partial charge < -0.3 is 4.57 Å². The van der Waals surface area contributed by atoms with Gasteiger partial charge in [0.25, 0.3) is 0 Å². The number of aryl methyl sites for hydroxylation is 1. The van der Waals surface area contributed by atoms with Crippen LogP contribution in [0.4, 0.5) is 0 Å². The molecule has 0 spiro atoms. The first-order chi connectivity index (χ1) is 12.8. The Kier molecular flexibility index (Phi) is 3.63. The predicted octanol–water partition coefficient (Wildman–Crippen LogP) is 6.70. The van der Waals surface area contributed by atoms with Gasteiger partial charge in [0.05, 0.1) is 0 Å². The minimum Gasteiger partial charge on any atom is -0.350 e. The molecule has 1 aromatic heterocycles. The molecule has 0 aliphatic heterocycles. The van der Waals surface area contributed by atoms with E-state index in [-0.39, 0.29) is 0 Å². The third kappa shape index (κ3) is 2.30. The SMILES string of the molecule is CCC/C=C1/C(c2cn(C)c3ccccc23)=C(C2CC2)c2ccccc21. The summed E-state index contributed by atoms with van der Waals surface area (Å²) in [6.45, 7) is 2.26. The molecule has 2 aliphatic carbocycles. The van der Waals surface area contributed by atoms with Crippen LogP contribution in [0, 0.1) is 5.92 Å². The maximum atomic E-state index is 2.48. The molecule has 2 aliphatic rings. The minimum atomic E-state index is 0.734. The predicted molar refractivity (Wildman–Crippen MR) is 112 cm³/mol. The number of hydrogen-bond donors (Lipinski definition) is 0. The molecule has 0 amide bonds. The van der Waals surface area contributed by atoms with Crippen molar-refractivity contribution in [3.63, 3.8) is 0 Å². The molecule has 1 saturated carbocycles. The van der Waals surface area contributed by atoms with Crippen LogP contribution in [0.25, 0.3) is 27.6 Å². The first-order valence-corrected chi connectivity index (χ1v) is 9.88. The van der Waals surface area contributed by atoms with Crippen molar-refractivity contribution in [2.24, 2.45) is 13.0 Å². The number of para-hydroxylation sites is 1. The summed E-state index contributed by atoms with van der Waals surface area (Å²) in [6.07, 6.45) is 9.81. The van der Waals surface area contributed by atoms with E-state index in [0.717, 1.165) is 12.3 Å². The Bertz CT molecular complexity index is 1060. The Balaban J connectivity index is 1.83. The highest BCUT2D eigenvalue weighted by Gasteiger charge is 2.37. The summed E-state index contributed by atoms with van der Waals surface area (Å²) in [7, 11) is 2.17. The third-order valence-electron chi connectivity index (χ3n) is 5.84. The first kappa shape index (κ1) is 15.7. The van der Waals surface area contributed by atoms with Crippen LogP contribution in [0.3, 0.4) is 0 Å². The second-order valence-electron chi connectivity index (χ2n) is 7.69. The first-order valence-electron chi connectivity index (χ1n) is 9.88. The van der Waals surface area contributed by atoms with Gasteiger partial charge in [0, 0.05) is 29.7 Å². The number of nitrogens with zero attached hydrogens (tertiary/aromatic N) is 1. The molecule has 0 radical (unpaired) electrons. The van der Waals surface area contributed by atoms with Crippen LogP contribution in [0.15, 0.2) is 60.8 Å². The number of unbranched alkanes of at least 4 members (excludes halogenated alkanes) is 1. The zero-order valence-electron chi connectivity index (χ0n) is 15.6. The summed E-state index contributed by atoms with van der Waals surface area (Å²) in [5.74, 6) is 0.734. The molecule has 1 nitrogen and oxygen atoms in total. The Morgan fingerprint density at radius 2 is 1.69 bits per heavy atom. The summed E-state index contributed by atoms with van der Waals surface area (Å²) in [6, 6.07) is 17.9. The molecule has 1 heterocycles. The Hall–Kier alpha value is -2.54. The van der Waals surface area contributed by atoms with Gasteiger partial charge in [-0.25, -0.2) is 0 Å². The van der Waals surface area contributed by atoms with E-state index in [0.29, 0.717) is 0 Å². The highest BCUT2D eigenvalue weighted by Crippen LogP contribution is 2.56. The lowest BCUT2D eigenvalue weighted by Gasteiger charge is -2.09. The average molecular weight is 339 g/mol. The average Bonchev–Trinajstić information content (AvgIpc) is 3.39. The van der Waals surface area contributed by atoms with E-state index in [1.165, 1.54) is 58.0 Å². The number of rotatable bonds is 4.